The second kappa shape index (κ2) is 8.52. The Kier molecular flexibility index (Phi) is 6.63. The molecule has 2 rings (SSSR count). The number of nitrogens with one attached hydrogen (secondary N) is 1. The lowest BCUT2D eigenvalue weighted by atomic mass is 10.0. The summed E-state index contributed by atoms with van der Waals surface area (Å²) in [5, 5.41) is 2.36. The van der Waals surface area contributed by atoms with Crippen LogP contribution in [0.5, 0.6) is 0 Å². The number of carbonyl (C=O) groups is 2. The van der Waals surface area contributed by atoms with Gasteiger partial charge in [-0.05, 0) is 46.4 Å². The molecule has 0 fully saturated rings. The number of halogens is 4. The average molecular weight is 477 g/mol. The van der Waals surface area contributed by atoms with E-state index in [2.05, 4.69) is 32.6 Å². The monoisotopic (exact) mass is 477 g/mol. The van der Waals surface area contributed by atoms with Gasteiger partial charge in [-0.1, -0.05) is 30.3 Å². The Morgan fingerprint density at radius 1 is 1.12 bits per heavy atom. The Bertz CT molecular complexity index is 808. The number of methoxy groups -OCH3 is 1. The first kappa shape index (κ1) is 20.2. The number of benzene rings is 2. The fraction of sp³-hybridized carbons (Fsp3) is 0.222. The molecule has 0 spiro atoms. The first-order valence-corrected chi connectivity index (χ1v) is 8.60. The van der Waals surface area contributed by atoms with Crippen molar-refractivity contribution in [2.45, 2.75) is 18.6 Å². The van der Waals surface area contributed by atoms with Gasteiger partial charge in [0.05, 0.1) is 18.2 Å². The summed E-state index contributed by atoms with van der Waals surface area (Å²) in [5.74, 6) is -1.72. The van der Waals surface area contributed by atoms with E-state index in [1.54, 1.807) is 12.1 Å². The minimum absolute atomic E-state index is 0.103. The second-order valence-electron chi connectivity index (χ2n) is 5.39. The summed E-state index contributed by atoms with van der Waals surface area (Å²) in [5.41, 5.74) is -0.833. The highest BCUT2D eigenvalue weighted by atomic mass is 127. The number of carbonyl (C=O) groups excluding carboxylic acids is 2. The van der Waals surface area contributed by atoms with Crippen molar-refractivity contribution in [1.82, 2.24) is 5.32 Å². The number of hydrogen-bond acceptors (Lipinski definition) is 3. The van der Waals surface area contributed by atoms with Crippen molar-refractivity contribution >= 4 is 34.5 Å². The van der Waals surface area contributed by atoms with Gasteiger partial charge >= 0.3 is 12.1 Å². The lowest BCUT2D eigenvalue weighted by molar-refractivity contribution is -0.142. The predicted octanol–water partition coefficient (Wildman–Crippen LogP) is 3.82. The van der Waals surface area contributed by atoms with Crippen LogP contribution < -0.4 is 5.32 Å². The number of esters is 1. The van der Waals surface area contributed by atoms with E-state index >= 15 is 0 Å². The molecule has 4 nitrogen and oxygen atoms in total. The van der Waals surface area contributed by atoms with E-state index in [0.717, 1.165) is 28.4 Å². The van der Waals surface area contributed by atoms with Gasteiger partial charge in [-0.15, -0.1) is 0 Å². The Hall–Kier alpha value is -2.10. The van der Waals surface area contributed by atoms with Gasteiger partial charge in [-0.25, -0.2) is 4.79 Å². The maximum absolute atomic E-state index is 13.1. The zero-order valence-electron chi connectivity index (χ0n) is 13.6. The molecule has 0 radical (unpaired) electrons. The number of ether oxygens (including phenoxy) is 1. The lowest BCUT2D eigenvalue weighted by Gasteiger charge is -2.19. The quantitative estimate of drug-likeness (QED) is 0.527. The molecule has 0 aliphatic heterocycles. The fourth-order valence-corrected chi connectivity index (χ4v) is 2.99. The van der Waals surface area contributed by atoms with Gasteiger partial charge in [-0.2, -0.15) is 13.2 Å². The van der Waals surface area contributed by atoms with E-state index in [1.807, 2.05) is 12.1 Å². The van der Waals surface area contributed by atoms with Crippen LogP contribution >= 0.6 is 22.6 Å². The highest BCUT2D eigenvalue weighted by Crippen LogP contribution is 2.31. The third-order valence-corrected chi connectivity index (χ3v) is 4.70. The molecule has 2 aromatic carbocycles. The molecule has 26 heavy (non-hydrogen) atoms. The van der Waals surface area contributed by atoms with Gasteiger partial charge in [0.1, 0.15) is 6.04 Å². The molecule has 138 valence electrons. The van der Waals surface area contributed by atoms with Crippen LogP contribution in [0.2, 0.25) is 0 Å². The van der Waals surface area contributed by atoms with Crippen LogP contribution in [0.15, 0.2) is 48.5 Å². The molecule has 1 atom stereocenters. The van der Waals surface area contributed by atoms with Crippen LogP contribution in [0.4, 0.5) is 13.2 Å². The van der Waals surface area contributed by atoms with Crippen LogP contribution in [0.1, 0.15) is 21.5 Å². The lowest BCUT2D eigenvalue weighted by Crippen LogP contribution is -2.43. The first-order chi connectivity index (χ1) is 12.2. The summed E-state index contributed by atoms with van der Waals surface area (Å²) in [4.78, 5) is 24.4. The normalized spacial score (nSPS) is 12.3. The molecule has 8 heteroatoms. The molecule has 0 aliphatic carbocycles. The maximum atomic E-state index is 13.1. The molecule has 0 saturated carbocycles. The summed E-state index contributed by atoms with van der Waals surface area (Å²) in [6.45, 7) is 0. The molecular formula is C18H15F3INO3. The Labute approximate surface area is 161 Å². The van der Waals surface area contributed by atoms with Crippen LogP contribution in [-0.4, -0.2) is 25.0 Å². The Morgan fingerprint density at radius 2 is 1.73 bits per heavy atom. The Morgan fingerprint density at radius 3 is 2.35 bits per heavy atom. The second-order valence-corrected chi connectivity index (χ2v) is 6.55. The third kappa shape index (κ3) is 4.96. The summed E-state index contributed by atoms with van der Waals surface area (Å²) < 4.78 is 44.8. The van der Waals surface area contributed by atoms with E-state index in [4.69, 9.17) is 0 Å². The molecule has 0 aliphatic rings. The van der Waals surface area contributed by atoms with E-state index in [0.29, 0.717) is 0 Å². The number of rotatable bonds is 5. The van der Waals surface area contributed by atoms with Gasteiger partial charge in [0.15, 0.2) is 0 Å². The highest BCUT2D eigenvalue weighted by Gasteiger charge is 2.35. The van der Waals surface area contributed by atoms with Crippen LogP contribution in [0.25, 0.3) is 0 Å². The van der Waals surface area contributed by atoms with E-state index in [-0.39, 0.29) is 6.42 Å². The van der Waals surface area contributed by atoms with Crippen molar-refractivity contribution in [3.63, 3.8) is 0 Å². The zero-order chi connectivity index (χ0) is 19.3. The maximum Gasteiger partial charge on any atom is 0.417 e. The SMILES string of the molecule is COC(=O)[C@@H](Cc1ccccc1I)NC(=O)c1ccccc1C(F)(F)F. The zero-order valence-corrected chi connectivity index (χ0v) is 15.8. The van der Waals surface area contributed by atoms with Crippen LogP contribution in [0.3, 0.4) is 0 Å². The minimum Gasteiger partial charge on any atom is -0.467 e. The summed E-state index contributed by atoms with van der Waals surface area (Å²) in [6, 6.07) is 10.5. The smallest absolute Gasteiger partial charge is 0.417 e. The third-order valence-electron chi connectivity index (χ3n) is 3.65. The first-order valence-electron chi connectivity index (χ1n) is 7.52. The van der Waals surface area contributed by atoms with Crippen molar-refractivity contribution in [3.05, 3.63) is 68.8 Å². The van der Waals surface area contributed by atoms with Crippen molar-refractivity contribution < 1.29 is 27.5 Å². The van der Waals surface area contributed by atoms with E-state index in [1.165, 1.54) is 12.1 Å². The van der Waals surface area contributed by atoms with E-state index < -0.39 is 35.2 Å². The van der Waals surface area contributed by atoms with Gasteiger partial charge in [0.25, 0.3) is 5.91 Å². The van der Waals surface area contributed by atoms with Crippen LogP contribution in [-0.2, 0) is 22.1 Å². The van der Waals surface area contributed by atoms with Gasteiger partial charge in [0, 0.05) is 9.99 Å². The summed E-state index contributed by atoms with van der Waals surface area (Å²) >= 11 is 2.08. The standard InChI is InChI=1S/C18H15F3INO3/c1-26-17(25)15(10-11-6-2-5-9-14(11)22)23-16(24)12-7-3-4-8-13(12)18(19,20)21/h2-9,15H,10H2,1H3,(H,23,24)/t15-/m1/s1. The number of alkyl halides is 3. The topological polar surface area (TPSA) is 55.4 Å². The summed E-state index contributed by atoms with van der Waals surface area (Å²) in [6.07, 6.45) is -4.57. The predicted molar refractivity (Wildman–Crippen MR) is 97.6 cm³/mol. The molecule has 2 aromatic rings. The molecule has 1 N–H and O–H groups in total. The molecule has 1 amide bonds. The largest absolute Gasteiger partial charge is 0.467 e. The van der Waals surface area contributed by atoms with Crippen molar-refractivity contribution in [3.8, 4) is 0 Å². The van der Waals surface area contributed by atoms with Crippen molar-refractivity contribution in [2.24, 2.45) is 0 Å². The van der Waals surface area contributed by atoms with Gasteiger partial charge in [-0.3, -0.25) is 4.79 Å². The molecule has 0 aromatic heterocycles. The van der Waals surface area contributed by atoms with E-state index in [9.17, 15) is 22.8 Å². The number of hydrogen-bond donors (Lipinski definition) is 1. The highest BCUT2D eigenvalue weighted by molar-refractivity contribution is 14.1. The molecule has 0 saturated heterocycles. The molecule has 0 bridgehead atoms. The molecule has 0 unspecified atom stereocenters. The number of amides is 1. The molecule has 0 heterocycles. The van der Waals surface area contributed by atoms with Crippen LogP contribution in [0, 0.1) is 3.57 Å². The van der Waals surface area contributed by atoms with Gasteiger partial charge < -0.3 is 10.1 Å². The van der Waals surface area contributed by atoms with Gasteiger partial charge in [0.2, 0.25) is 0 Å². The Balaban J connectivity index is 2.28. The summed E-state index contributed by atoms with van der Waals surface area (Å²) in [7, 11) is 1.15. The average Bonchev–Trinajstić information content (AvgIpc) is 2.61. The molecular weight excluding hydrogens is 462 g/mol. The fourth-order valence-electron chi connectivity index (χ4n) is 2.38. The minimum atomic E-state index is -4.68. The van der Waals surface area contributed by atoms with Crippen molar-refractivity contribution in [2.75, 3.05) is 7.11 Å². The van der Waals surface area contributed by atoms with Crippen molar-refractivity contribution in [1.29, 1.82) is 0 Å².